The molecule has 158 valence electrons. The van der Waals surface area contributed by atoms with E-state index in [9.17, 15) is 13.5 Å². The number of sulfonamides is 1. The maximum Gasteiger partial charge on any atom is 0.261 e. The molecule has 0 spiro atoms. The van der Waals surface area contributed by atoms with Gasteiger partial charge in [0.25, 0.3) is 10.0 Å². The summed E-state index contributed by atoms with van der Waals surface area (Å²) in [6, 6.07) is 25.0. The van der Waals surface area contributed by atoms with Gasteiger partial charge in [-0.3, -0.25) is 4.72 Å². The van der Waals surface area contributed by atoms with Crippen LogP contribution in [0.15, 0.2) is 94.7 Å². The van der Waals surface area contributed by atoms with Crippen LogP contribution < -0.4 is 9.46 Å². The highest BCUT2D eigenvalue weighted by atomic mass is 32.2. The minimum Gasteiger partial charge on any atom is -0.506 e. The molecule has 0 aliphatic carbocycles. The molecular weight excluding hydrogens is 430 g/mol. The molecule has 0 saturated carbocycles. The summed E-state index contributed by atoms with van der Waals surface area (Å²) < 4.78 is 33.8. The van der Waals surface area contributed by atoms with Gasteiger partial charge in [0.05, 0.1) is 22.6 Å². The van der Waals surface area contributed by atoms with Crippen molar-refractivity contribution in [3.63, 3.8) is 0 Å². The predicted octanol–water partition coefficient (Wildman–Crippen LogP) is 5.65. The number of fused-ring (bicyclic) bond motifs is 1. The molecule has 0 atom stereocenters. The second-order valence-corrected chi connectivity index (χ2v) is 9.57. The number of rotatable bonds is 7. The number of phenolic OH excluding ortho intramolecular Hbond substituents is 1. The highest BCUT2D eigenvalue weighted by molar-refractivity contribution is 7.98. The van der Waals surface area contributed by atoms with Crippen molar-refractivity contribution in [3.8, 4) is 11.5 Å². The van der Waals surface area contributed by atoms with E-state index < -0.39 is 10.0 Å². The van der Waals surface area contributed by atoms with Crippen molar-refractivity contribution in [2.75, 3.05) is 11.8 Å². The standard InChI is InChI=1S/C24H21NO4S2/c1-29-18-11-13-19(14-12-18)31(27,28)25-22-15-23(30-16-17-7-3-2-4-8-17)24(26)21-10-6-5-9-20(21)22/h2-15,25-26H,16H2,1H3. The van der Waals surface area contributed by atoms with Crippen LogP contribution in [0.25, 0.3) is 10.8 Å². The number of thioether (sulfide) groups is 1. The molecule has 0 aliphatic rings. The van der Waals surface area contributed by atoms with Crippen LogP contribution in [-0.4, -0.2) is 20.6 Å². The number of hydrogen-bond acceptors (Lipinski definition) is 5. The lowest BCUT2D eigenvalue weighted by molar-refractivity contribution is 0.414. The van der Waals surface area contributed by atoms with Gasteiger partial charge in [0.1, 0.15) is 11.5 Å². The van der Waals surface area contributed by atoms with E-state index in [0.29, 0.717) is 32.9 Å². The first-order chi connectivity index (χ1) is 15.0. The smallest absolute Gasteiger partial charge is 0.261 e. The van der Waals surface area contributed by atoms with Crippen molar-refractivity contribution in [1.29, 1.82) is 0 Å². The average Bonchev–Trinajstić information content (AvgIpc) is 2.80. The van der Waals surface area contributed by atoms with E-state index in [2.05, 4.69) is 4.72 Å². The molecule has 2 N–H and O–H groups in total. The normalized spacial score (nSPS) is 11.4. The van der Waals surface area contributed by atoms with Gasteiger partial charge in [-0.25, -0.2) is 8.42 Å². The van der Waals surface area contributed by atoms with Crippen molar-refractivity contribution >= 4 is 38.2 Å². The van der Waals surface area contributed by atoms with Crippen LogP contribution in [0, 0.1) is 0 Å². The van der Waals surface area contributed by atoms with Crippen LogP contribution in [0.4, 0.5) is 5.69 Å². The highest BCUT2D eigenvalue weighted by Crippen LogP contribution is 2.41. The van der Waals surface area contributed by atoms with E-state index in [-0.39, 0.29) is 10.6 Å². The van der Waals surface area contributed by atoms with Crippen LogP contribution in [0.3, 0.4) is 0 Å². The Bertz CT molecular complexity index is 1310. The molecular formula is C24H21NO4S2. The van der Waals surface area contributed by atoms with Crippen molar-refractivity contribution < 1.29 is 18.3 Å². The summed E-state index contributed by atoms with van der Waals surface area (Å²) in [5.74, 6) is 1.37. The van der Waals surface area contributed by atoms with Crippen LogP contribution in [0.2, 0.25) is 0 Å². The fourth-order valence-electron chi connectivity index (χ4n) is 3.22. The number of anilines is 1. The minimum absolute atomic E-state index is 0.129. The van der Waals surface area contributed by atoms with Gasteiger partial charge in [-0.2, -0.15) is 0 Å². The molecule has 0 unspecified atom stereocenters. The molecule has 0 amide bonds. The van der Waals surface area contributed by atoms with Gasteiger partial charge in [0, 0.05) is 16.5 Å². The monoisotopic (exact) mass is 451 g/mol. The summed E-state index contributed by atoms with van der Waals surface area (Å²) in [7, 11) is -2.30. The van der Waals surface area contributed by atoms with Crippen molar-refractivity contribution in [1.82, 2.24) is 0 Å². The number of phenols is 1. The summed E-state index contributed by atoms with van der Waals surface area (Å²) in [6.07, 6.45) is 0. The Labute approximate surface area is 185 Å². The first kappa shape index (κ1) is 21.1. The summed E-state index contributed by atoms with van der Waals surface area (Å²) >= 11 is 1.45. The lowest BCUT2D eigenvalue weighted by Crippen LogP contribution is -2.13. The number of aromatic hydroxyl groups is 1. The molecule has 0 bridgehead atoms. The van der Waals surface area contributed by atoms with Crippen LogP contribution >= 0.6 is 11.8 Å². The molecule has 0 fully saturated rings. The Morgan fingerprint density at radius 1 is 0.903 bits per heavy atom. The largest absolute Gasteiger partial charge is 0.506 e. The predicted molar refractivity (Wildman–Crippen MR) is 125 cm³/mol. The molecule has 0 saturated heterocycles. The molecule has 31 heavy (non-hydrogen) atoms. The summed E-state index contributed by atoms with van der Waals surface area (Å²) in [5, 5.41) is 12.0. The van der Waals surface area contributed by atoms with E-state index in [4.69, 9.17) is 4.74 Å². The second-order valence-electron chi connectivity index (χ2n) is 6.87. The van der Waals surface area contributed by atoms with E-state index in [1.165, 1.54) is 31.0 Å². The fourth-order valence-corrected chi connectivity index (χ4v) is 5.26. The number of ether oxygens (including phenoxy) is 1. The molecule has 0 radical (unpaired) electrons. The van der Waals surface area contributed by atoms with Gasteiger partial charge in [-0.15, -0.1) is 11.8 Å². The lowest BCUT2D eigenvalue weighted by Gasteiger charge is -2.15. The lowest BCUT2D eigenvalue weighted by atomic mass is 10.1. The molecule has 7 heteroatoms. The Kier molecular flexibility index (Phi) is 6.06. The fraction of sp³-hybridized carbons (Fsp3) is 0.0833. The van der Waals surface area contributed by atoms with Gasteiger partial charge in [0.15, 0.2) is 0 Å². The zero-order chi connectivity index (χ0) is 21.8. The van der Waals surface area contributed by atoms with E-state index in [1.54, 1.807) is 30.3 Å². The van der Waals surface area contributed by atoms with E-state index >= 15 is 0 Å². The maximum atomic E-state index is 13.0. The Hall–Kier alpha value is -3.16. The van der Waals surface area contributed by atoms with Crippen LogP contribution in [-0.2, 0) is 15.8 Å². The van der Waals surface area contributed by atoms with E-state index in [1.807, 2.05) is 42.5 Å². The third kappa shape index (κ3) is 4.62. The summed E-state index contributed by atoms with van der Waals surface area (Å²) in [4.78, 5) is 0.735. The van der Waals surface area contributed by atoms with Crippen LogP contribution in [0.1, 0.15) is 5.56 Å². The van der Waals surface area contributed by atoms with Gasteiger partial charge >= 0.3 is 0 Å². The minimum atomic E-state index is -3.82. The van der Waals surface area contributed by atoms with Crippen molar-refractivity contribution in [2.24, 2.45) is 0 Å². The third-order valence-corrected chi connectivity index (χ3v) is 7.31. The summed E-state index contributed by atoms with van der Waals surface area (Å²) in [5.41, 5.74) is 1.53. The summed E-state index contributed by atoms with van der Waals surface area (Å²) in [6.45, 7) is 0. The quantitative estimate of drug-likeness (QED) is 0.281. The molecule has 0 aromatic heterocycles. The van der Waals surface area contributed by atoms with Gasteiger partial charge in [0.2, 0.25) is 0 Å². The van der Waals surface area contributed by atoms with Gasteiger partial charge in [-0.1, -0.05) is 54.6 Å². The molecule has 5 nitrogen and oxygen atoms in total. The number of benzene rings is 4. The molecule has 4 rings (SSSR count). The van der Waals surface area contributed by atoms with Crippen LogP contribution in [0.5, 0.6) is 11.5 Å². The maximum absolute atomic E-state index is 13.0. The zero-order valence-electron chi connectivity index (χ0n) is 16.8. The molecule has 0 aliphatic heterocycles. The SMILES string of the molecule is COc1ccc(S(=O)(=O)Nc2cc(SCc3ccccc3)c(O)c3ccccc23)cc1. The second kappa shape index (κ2) is 8.91. The number of hydrogen-bond donors (Lipinski definition) is 2. The topological polar surface area (TPSA) is 75.6 Å². The first-order valence-corrected chi connectivity index (χ1v) is 12.0. The number of methoxy groups -OCH3 is 1. The molecule has 0 heterocycles. The molecule has 4 aromatic rings. The van der Waals surface area contributed by atoms with Crippen molar-refractivity contribution in [3.05, 3.63) is 90.5 Å². The molecule has 4 aromatic carbocycles. The van der Waals surface area contributed by atoms with Crippen molar-refractivity contribution in [2.45, 2.75) is 15.5 Å². The Morgan fingerprint density at radius 3 is 2.23 bits per heavy atom. The third-order valence-electron chi connectivity index (χ3n) is 4.83. The van der Waals surface area contributed by atoms with Gasteiger partial charge in [-0.05, 0) is 35.9 Å². The Morgan fingerprint density at radius 2 is 1.55 bits per heavy atom. The highest BCUT2D eigenvalue weighted by Gasteiger charge is 2.19. The first-order valence-electron chi connectivity index (χ1n) is 9.56. The number of nitrogens with one attached hydrogen (secondary N) is 1. The average molecular weight is 452 g/mol. The van der Waals surface area contributed by atoms with E-state index in [0.717, 1.165) is 5.56 Å². The van der Waals surface area contributed by atoms with Gasteiger partial charge < -0.3 is 9.84 Å². The zero-order valence-corrected chi connectivity index (χ0v) is 18.4. The Balaban J connectivity index is 1.71.